The fourth-order valence-electron chi connectivity index (χ4n) is 6.39. The molecule has 0 aliphatic rings. The van der Waals surface area contributed by atoms with E-state index in [1.54, 1.807) is 0 Å². The predicted molar refractivity (Wildman–Crippen MR) is 192 cm³/mol. The lowest BCUT2D eigenvalue weighted by Crippen LogP contribution is -1.96. The molecule has 9 rings (SSSR count). The van der Waals surface area contributed by atoms with Crippen LogP contribution in [0.5, 0.6) is 0 Å². The third-order valence-electron chi connectivity index (χ3n) is 8.67. The molecular weight excluding hydrogens is 574 g/mol. The van der Waals surface area contributed by atoms with E-state index in [2.05, 4.69) is 103 Å². The van der Waals surface area contributed by atoms with Gasteiger partial charge in [0.15, 0.2) is 5.82 Å². The predicted octanol–water partition coefficient (Wildman–Crippen LogP) is 11.3. The average Bonchev–Trinajstić information content (AvgIpc) is 3.54. The molecule has 6 aromatic carbocycles. The van der Waals surface area contributed by atoms with Gasteiger partial charge in [0.05, 0.1) is 28.0 Å². The maximum atomic E-state index is 6.46. The molecular formula is C43H27N3O. The van der Waals surface area contributed by atoms with Gasteiger partial charge in [0, 0.05) is 33.0 Å². The lowest BCUT2D eigenvalue weighted by molar-refractivity contribution is 0.672. The molecule has 0 amide bonds. The van der Waals surface area contributed by atoms with Gasteiger partial charge in [0.2, 0.25) is 0 Å². The highest BCUT2D eigenvalue weighted by atomic mass is 16.3. The van der Waals surface area contributed by atoms with Crippen LogP contribution in [0.2, 0.25) is 0 Å². The summed E-state index contributed by atoms with van der Waals surface area (Å²) >= 11 is 0. The van der Waals surface area contributed by atoms with Crippen LogP contribution in [-0.2, 0) is 0 Å². The van der Waals surface area contributed by atoms with Crippen molar-refractivity contribution in [2.24, 2.45) is 0 Å². The molecule has 0 unspecified atom stereocenters. The van der Waals surface area contributed by atoms with Crippen LogP contribution in [0, 0.1) is 0 Å². The van der Waals surface area contributed by atoms with Crippen molar-refractivity contribution in [3.05, 3.63) is 164 Å². The van der Waals surface area contributed by atoms with Gasteiger partial charge in [-0.2, -0.15) is 0 Å². The van der Waals surface area contributed by atoms with E-state index in [-0.39, 0.29) is 0 Å². The summed E-state index contributed by atoms with van der Waals surface area (Å²) in [5.74, 6) is 0.649. The Labute approximate surface area is 271 Å². The van der Waals surface area contributed by atoms with E-state index in [1.165, 1.54) is 0 Å². The maximum absolute atomic E-state index is 6.46. The van der Waals surface area contributed by atoms with Crippen LogP contribution in [-0.4, -0.2) is 15.0 Å². The van der Waals surface area contributed by atoms with E-state index in [0.29, 0.717) is 5.82 Å². The van der Waals surface area contributed by atoms with Crippen LogP contribution in [0.15, 0.2) is 168 Å². The number of hydrogen-bond donors (Lipinski definition) is 0. The zero-order valence-corrected chi connectivity index (χ0v) is 25.3. The number of aromatic nitrogens is 3. The highest BCUT2D eigenvalue weighted by Gasteiger charge is 2.19. The van der Waals surface area contributed by atoms with Gasteiger partial charge in [-0.15, -0.1) is 0 Å². The topological polar surface area (TPSA) is 51.8 Å². The standard InChI is InChI=1S/C43H27N3O/c1-4-13-28(14-5-1)33-26-37(29-15-6-2-7-16-29)44-38(27-33)31-19-12-20-32(25-31)43-45-36-24-23-35-34-21-10-11-22-39(34)47-42(35)40(36)41(46-43)30-17-8-3-9-18-30/h1-27H. The minimum Gasteiger partial charge on any atom is -0.455 e. The highest BCUT2D eigenvalue weighted by Crippen LogP contribution is 2.39. The molecule has 0 bridgehead atoms. The Bertz CT molecular complexity index is 2500. The molecule has 4 heteroatoms. The van der Waals surface area contributed by atoms with Gasteiger partial charge < -0.3 is 4.42 Å². The SMILES string of the molecule is c1ccc(-c2cc(-c3ccccc3)nc(-c3cccc(-c4nc(-c5ccccc5)c5c(ccc6c7ccccc7oc65)n4)c3)c2)cc1. The van der Waals surface area contributed by atoms with Crippen molar-refractivity contribution in [1.82, 2.24) is 15.0 Å². The van der Waals surface area contributed by atoms with E-state index >= 15 is 0 Å². The summed E-state index contributed by atoms with van der Waals surface area (Å²) in [5.41, 5.74) is 11.4. The van der Waals surface area contributed by atoms with Crippen molar-refractivity contribution in [3.63, 3.8) is 0 Å². The van der Waals surface area contributed by atoms with E-state index in [1.807, 2.05) is 60.7 Å². The van der Waals surface area contributed by atoms with Crippen molar-refractivity contribution in [2.45, 2.75) is 0 Å². The summed E-state index contributed by atoms with van der Waals surface area (Å²) in [7, 11) is 0. The summed E-state index contributed by atoms with van der Waals surface area (Å²) in [5, 5.41) is 3.05. The van der Waals surface area contributed by atoms with Gasteiger partial charge in [0.25, 0.3) is 0 Å². The Morgan fingerprint density at radius 3 is 1.77 bits per heavy atom. The molecule has 0 atom stereocenters. The summed E-state index contributed by atoms with van der Waals surface area (Å²) in [6.45, 7) is 0. The van der Waals surface area contributed by atoms with Crippen LogP contribution < -0.4 is 0 Å². The molecule has 0 fully saturated rings. The molecule has 9 aromatic rings. The first-order chi connectivity index (χ1) is 23.3. The van der Waals surface area contributed by atoms with Crippen molar-refractivity contribution in [1.29, 1.82) is 0 Å². The molecule has 0 spiro atoms. The number of nitrogens with zero attached hydrogens (tertiary/aromatic N) is 3. The summed E-state index contributed by atoms with van der Waals surface area (Å²) in [6, 6.07) is 56.1. The van der Waals surface area contributed by atoms with Crippen LogP contribution >= 0.6 is 0 Å². The van der Waals surface area contributed by atoms with Gasteiger partial charge in [-0.05, 0) is 47.5 Å². The number of benzene rings is 6. The van der Waals surface area contributed by atoms with Crippen LogP contribution in [0.1, 0.15) is 0 Å². The first kappa shape index (κ1) is 27.0. The van der Waals surface area contributed by atoms with Crippen molar-refractivity contribution in [2.75, 3.05) is 0 Å². The number of rotatable bonds is 5. The Kier molecular flexibility index (Phi) is 6.43. The summed E-state index contributed by atoms with van der Waals surface area (Å²) in [6.07, 6.45) is 0. The molecule has 3 heterocycles. The van der Waals surface area contributed by atoms with E-state index in [0.717, 1.165) is 83.3 Å². The average molecular weight is 602 g/mol. The van der Waals surface area contributed by atoms with Crippen molar-refractivity contribution < 1.29 is 4.42 Å². The Morgan fingerprint density at radius 2 is 1.00 bits per heavy atom. The van der Waals surface area contributed by atoms with Gasteiger partial charge in [-0.1, -0.05) is 127 Å². The van der Waals surface area contributed by atoms with Crippen LogP contribution in [0.25, 0.3) is 89.1 Å². The summed E-state index contributed by atoms with van der Waals surface area (Å²) < 4.78 is 6.46. The Morgan fingerprint density at radius 1 is 0.383 bits per heavy atom. The van der Waals surface area contributed by atoms with E-state index in [4.69, 9.17) is 19.4 Å². The largest absolute Gasteiger partial charge is 0.455 e. The first-order valence-corrected chi connectivity index (χ1v) is 15.7. The minimum absolute atomic E-state index is 0.649. The number of pyridine rings is 1. The molecule has 0 aliphatic heterocycles. The molecule has 0 aliphatic carbocycles. The molecule has 0 radical (unpaired) electrons. The minimum atomic E-state index is 0.649. The molecule has 3 aromatic heterocycles. The maximum Gasteiger partial charge on any atom is 0.160 e. The lowest BCUT2D eigenvalue weighted by Gasteiger charge is -2.12. The zero-order chi connectivity index (χ0) is 31.2. The van der Waals surface area contributed by atoms with E-state index < -0.39 is 0 Å². The van der Waals surface area contributed by atoms with Crippen molar-refractivity contribution in [3.8, 4) is 56.3 Å². The highest BCUT2D eigenvalue weighted by molar-refractivity contribution is 6.17. The van der Waals surface area contributed by atoms with Gasteiger partial charge in [-0.3, -0.25) is 0 Å². The smallest absolute Gasteiger partial charge is 0.160 e. The Hall–Kier alpha value is -6.39. The third-order valence-corrected chi connectivity index (χ3v) is 8.67. The second kappa shape index (κ2) is 11.2. The van der Waals surface area contributed by atoms with Crippen LogP contribution in [0.3, 0.4) is 0 Å². The summed E-state index contributed by atoms with van der Waals surface area (Å²) in [4.78, 5) is 15.5. The fraction of sp³-hybridized carbons (Fsp3) is 0. The zero-order valence-electron chi connectivity index (χ0n) is 25.3. The van der Waals surface area contributed by atoms with Crippen LogP contribution in [0.4, 0.5) is 0 Å². The quantitative estimate of drug-likeness (QED) is 0.197. The third kappa shape index (κ3) is 4.84. The van der Waals surface area contributed by atoms with E-state index in [9.17, 15) is 0 Å². The number of hydrogen-bond acceptors (Lipinski definition) is 4. The monoisotopic (exact) mass is 601 g/mol. The molecule has 4 nitrogen and oxygen atoms in total. The Balaban J connectivity index is 1.23. The first-order valence-electron chi connectivity index (χ1n) is 15.7. The molecule has 0 saturated carbocycles. The molecule has 0 saturated heterocycles. The number of para-hydroxylation sites is 1. The normalized spacial score (nSPS) is 11.4. The van der Waals surface area contributed by atoms with Gasteiger partial charge in [0.1, 0.15) is 11.2 Å². The molecule has 220 valence electrons. The second-order valence-electron chi connectivity index (χ2n) is 11.6. The van der Waals surface area contributed by atoms with Gasteiger partial charge in [-0.25, -0.2) is 15.0 Å². The number of furan rings is 1. The second-order valence-corrected chi connectivity index (χ2v) is 11.6. The lowest BCUT2D eigenvalue weighted by atomic mass is 9.99. The number of fused-ring (bicyclic) bond motifs is 5. The van der Waals surface area contributed by atoms with Crippen molar-refractivity contribution >= 4 is 32.8 Å². The fourth-order valence-corrected chi connectivity index (χ4v) is 6.39. The molecule has 0 N–H and O–H groups in total. The molecule has 47 heavy (non-hydrogen) atoms. The van der Waals surface area contributed by atoms with Gasteiger partial charge >= 0.3 is 0 Å².